The van der Waals surface area contributed by atoms with Crippen molar-refractivity contribution in [1.82, 2.24) is 0 Å². The second kappa shape index (κ2) is 5.27. The Labute approximate surface area is 95.0 Å². The molecule has 3 N–H and O–H groups in total. The summed E-state index contributed by atoms with van der Waals surface area (Å²) in [6, 6.07) is 1.18. The molecule has 1 aromatic carbocycles. The van der Waals surface area contributed by atoms with Crippen LogP contribution in [0.1, 0.15) is 29.2 Å². The van der Waals surface area contributed by atoms with E-state index in [1.165, 1.54) is 7.11 Å². The second-order valence-corrected chi connectivity index (χ2v) is 3.89. The molecule has 16 heavy (non-hydrogen) atoms. The molecule has 0 bridgehead atoms. The molecule has 1 rings (SSSR count). The number of aliphatic hydroxyl groups is 1. The van der Waals surface area contributed by atoms with E-state index in [2.05, 4.69) is 0 Å². The molecular formula is C12H18FNO2. The second-order valence-electron chi connectivity index (χ2n) is 3.89. The van der Waals surface area contributed by atoms with Gasteiger partial charge in [-0.2, -0.15) is 0 Å². The van der Waals surface area contributed by atoms with Gasteiger partial charge in [-0.05, 0) is 37.5 Å². The Morgan fingerprint density at radius 1 is 1.44 bits per heavy atom. The van der Waals surface area contributed by atoms with Crippen molar-refractivity contribution in [3.05, 3.63) is 28.6 Å². The summed E-state index contributed by atoms with van der Waals surface area (Å²) in [6.45, 7) is 3.47. The topological polar surface area (TPSA) is 55.5 Å². The van der Waals surface area contributed by atoms with Crippen molar-refractivity contribution in [3.63, 3.8) is 0 Å². The molecule has 0 fully saturated rings. The predicted molar refractivity (Wildman–Crippen MR) is 61.1 cm³/mol. The molecule has 0 saturated heterocycles. The number of aryl methyl sites for hydroxylation is 2. The number of aliphatic hydroxyl groups excluding tert-OH is 1. The van der Waals surface area contributed by atoms with E-state index in [4.69, 9.17) is 15.6 Å². The summed E-state index contributed by atoms with van der Waals surface area (Å²) in [5, 5.41) is 8.85. The summed E-state index contributed by atoms with van der Waals surface area (Å²) < 4.78 is 19.1. The van der Waals surface area contributed by atoms with E-state index in [1.807, 2.05) is 6.92 Å². The maximum atomic E-state index is 14.0. The SMILES string of the molecule is COc1c(C)cc(C)c(F)c1C(N)CCO. The minimum atomic E-state index is -0.543. The Kier molecular flexibility index (Phi) is 4.26. The highest BCUT2D eigenvalue weighted by Crippen LogP contribution is 2.33. The third kappa shape index (κ3) is 2.33. The Morgan fingerprint density at radius 2 is 2.06 bits per heavy atom. The van der Waals surface area contributed by atoms with Crippen molar-refractivity contribution in [1.29, 1.82) is 0 Å². The number of hydrogen-bond donors (Lipinski definition) is 2. The largest absolute Gasteiger partial charge is 0.496 e. The summed E-state index contributed by atoms with van der Waals surface area (Å²) in [6.07, 6.45) is 0.316. The number of methoxy groups -OCH3 is 1. The van der Waals surface area contributed by atoms with Crippen molar-refractivity contribution < 1.29 is 14.2 Å². The first-order valence-corrected chi connectivity index (χ1v) is 5.23. The number of ether oxygens (including phenoxy) is 1. The molecule has 1 atom stereocenters. The monoisotopic (exact) mass is 227 g/mol. The lowest BCUT2D eigenvalue weighted by Crippen LogP contribution is -2.16. The van der Waals surface area contributed by atoms with Gasteiger partial charge in [0.2, 0.25) is 0 Å². The van der Waals surface area contributed by atoms with Crippen LogP contribution in [0.4, 0.5) is 4.39 Å². The van der Waals surface area contributed by atoms with E-state index in [0.717, 1.165) is 5.56 Å². The molecule has 90 valence electrons. The van der Waals surface area contributed by atoms with Gasteiger partial charge in [0.05, 0.1) is 7.11 Å². The fourth-order valence-electron chi connectivity index (χ4n) is 1.86. The lowest BCUT2D eigenvalue weighted by Gasteiger charge is -2.19. The lowest BCUT2D eigenvalue weighted by atomic mass is 9.97. The highest BCUT2D eigenvalue weighted by atomic mass is 19.1. The predicted octanol–water partition coefficient (Wildman–Crippen LogP) is 1.83. The van der Waals surface area contributed by atoms with E-state index in [-0.39, 0.29) is 12.4 Å². The quantitative estimate of drug-likeness (QED) is 0.825. The van der Waals surface area contributed by atoms with E-state index >= 15 is 0 Å². The van der Waals surface area contributed by atoms with Crippen molar-refractivity contribution in [2.24, 2.45) is 5.73 Å². The zero-order valence-corrected chi connectivity index (χ0v) is 9.88. The minimum absolute atomic E-state index is 0.0727. The summed E-state index contributed by atoms with van der Waals surface area (Å²) in [5.74, 6) is 0.132. The van der Waals surface area contributed by atoms with Gasteiger partial charge in [-0.3, -0.25) is 0 Å². The van der Waals surface area contributed by atoms with Crippen LogP contribution < -0.4 is 10.5 Å². The Hall–Kier alpha value is -1.13. The lowest BCUT2D eigenvalue weighted by molar-refractivity contribution is 0.273. The van der Waals surface area contributed by atoms with E-state index in [9.17, 15) is 4.39 Å². The molecule has 0 radical (unpaired) electrons. The first-order valence-electron chi connectivity index (χ1n) is 5.23. The zero-order chi connectivity index (χ0) is 12.3. The van der Waals surface area contributed by atoms with Crippen molar-refractivity contribution in [3.8, 4) is 5.75 Å². The summed E-state index contributed by atoms with van der Waals surface area (Å²) in [5.41, 5.74) is 7.59. The minimum Gasteiger partial charge on any atom is -0.496 e. The number of halogens is 1. The third-order valence-corrected chi connectivity index (χ3v) is 2.63. The Bertz CT molecular complexity index is 380. The molecule has 0 aliphatic heterocycles. The van der Waals surface area contributed by atoms with Gasteiger partial charge in [-0.25, -0.2) is 4.39 Å². The van der Waals surface area contributed by atoms with Crippen LogP contribution in [0.25, 0.3) is 0 Å². The van der Waals surface area contributed by atoms with E-state index in [1.54, 1.807) is 13.0 Å². The standard InChI is InChI=1S/C12H18FNO2/c1-7-6-8(2)12(16-3)10(11(7)13)9(14)4-5-15/h6,9,15H,4-5,14H2,1-3H3. The van der Waals surface area contributed by atoms with Crippen LogP contribution in [-0.2, 0) is 0 Å². The van der Waals surface area contributed by atoms with Gasteiger partial charge in [0.1, 0.15) is 11.6 Å². The van der Waals surface area contributed by atoms with Gasteiger partial charge in [0.15, 0.2) is 0 Å². The van der Waals surface area contributed by atoms with Crippen molar-refractivity contribution in [2.75, 3.05) is 13.7 Å². The number of hydrogen-bond acceptors (Lipinski definition) is 3. The van der Waals surface area contributed by atoms with Crippen LogP contribution >= 0.6 is 0 Å². The number of rotatable bonds is 4. The average Bonchev–Trinajstić information content (AvgIpc) is 2.23. The van der Waals surface area contributed by atoms with Gasteiger partial charge >= 0.3 is 0 Å². The number of nitrogens with two attached hydrogens (primary N) is 1. The summed E-state index contributed by atoms with van der Waals surface area (Å²) in [4.78, 5) is 0. The van der Waals surface area contributed by atoms with Gasteiger partial charge in [0.25, 0.3) is 0 Å². The molecule has 1 unspecified atom stereocenters. The molecular weight excluding hydrogens is 209 g/mol. The molecule has 0 heterocycles. The maximum Gasteiger partial charge on any atom is 0.134 e. The molecule has 1 aromatic rings. The normalized spacial score (nSPS) is 12.6. The van der Waals surface area contributed by atoms with Gasteiger partial charge < -0.3 is 15.6 Å². The molecule has 0 amide bonds. The first-order chi connectivity index (χ1) is 7.52. The molecule has 0 aliphatic carbocycles. The van der Waals surface area contributed by atoms with Crippen LogP contribution in [0.5, 0.6) is 5.75 Å². The Balaban J connectivity index is 3.32. The van der Waals surface area contributed by atoms with Crippen LogP contribution in [0.15, 0.2) is 6.07 Å². The zero-order valence-electron chi connectivity index (χ0n) is 9.88. The molecule has 3 nitrogen and oxygen atoms in total. The molecule has 0 saturated carbocycles. The van der Waals surface area contributed by atoms with Gasteiger partial charge in [-0.1, -0.05) is 0 Å². The average molecular weight is 227 g/mol. The number of benzene rings is 1. The molecule has 0 aromatic heterocycles. The van der Waals surface area contributed by atoms with E-state index in [0.29, 0.717) is 23.3 Å². The fraction of sp³-hybridized carbons (Fsp3) is 0.500. The summed E-state index contributed by atoms with van der Waals surface area (Å²) >= 11 is 0. The van der Waals surface area contributed by atoms with Crippen LogP contribution in [0.2, 0.25) is 0 Å². The van der Waals surface area contributed by atoms with Gasteiger partial charge in [0, 0.05) is 18.2 Å². The molecule has 0 spiro atoms. The van der Waals surface area contributed by atoms with Crippen LogP contribution in [0, 0.1) is 19.7 Å². The highest BCUT2D eigenvalue weighted by Gasteiger charge is 2.20. The third-order valence-electron chi connectivity index (χ3n) is 2.63. The maximum absolute atomic E-state index is 14.0. The van der Waals surface area contributed by atoms with Crippen molar-refractivity contribution in [2.45, 2.75) is 26.3 Å². The smallest absolute Gasteiger partial charge is 0.134 e. The molecule has 0 aliphatic rings. The van der Waals surface area contributed by atoms with Crippen LogP contribution in [0.3, 0.4) is 0 Å². The van der Waals surface area contributed by atoms with E-state index < -0.39 is 6.04 Å². The first kappa shape index (κ1) is 12.9. The highest BCUT2D eigenvalue weighted by molar-refractivity contribution is 5.46. The van der Waals surface area contributed by atoms with Crippen LogP contribution in [-0.4, -0.2) is 18.8 Å². The van der Waals surface area contributed by atoms with Crippen molar-refractivity contribution >= 4 is 0 Å². The fourth-order valence-corrected chi connectivity index (χ4v) is 1.86. The van der Waals surface area contributed by atoms with Gasteiger partial charge in [-0.15, -0.1) is 0 Å². The summed E-state index contributed by atoms with van der Waals surface area (Å²) in [7, 11) is 1.49. The Morgan fingerprint density at radius 3 is 2.56 bits per heavy atom. The molecule has 4 heteroatoms.